The SMILES string of the molecule is Cc1ccc(C(=O)Nc2ccc(SCC(=O)Nc3ccc([N+](=O)[O-])cc3)cc2)cc1. The second-order valence-corrected chi connectivity index (χ2v) is 7.53. The summed E-state index contributed by atoms with van der Waals surface area (Å²) >= 11 is 1.35. The van der Waals surface area contributed by atoms with Crippen molar-refractivity contribution < 1.29 is 14.5 Å². The first-order valence-electron chi connectivity index (χ1n) is 9.06. The smallest absolute Gasteiger partial charge is 0.269 e. The molecule has 0 saturated carbocycles. The second kappa shape index (κ2) is 9.71. The van der Waals surface area contributed by atoms with Crippen LogP contribution < -0.4 is 10.6 Å². The van der Waals surface area contributed by atoms with Crippen LogP contribution in [-0.2, 0) is 4.79 Å². The van der Waals surface area contributed by atoms with Crippen LogP contribution in [0.15, 0.2) is 77.7 Å². The highest BCUT2D eigenvalue weighted by Gasteiger charge is 2.08. The van der Waals surface area contributed by atoms with Gasteiger partial charge in [-0.25, -0.2) is 0 Å². The third-order valence-electron chi connectivity index (χ3n) is 4.16. The highest BCUT2D eigenvalue weighted by atomic mass is 32.2. The van der Waals surface area contributed by atoms with Crippen molar-refractivity contribution in [1.29, 1.82) is 0 Å². The molecule has 0 aliphatic carbocycles. The molecule has 152 valence electrons. The molecule has 0 fully saturated rings. The second-order valence-electron chi connectivity index (χ2n) is 6.49. The highest BCUT2D eigenvalue weighted by molar-refractivity contribution is 8.00. The number of carbonyl (C=O) groups excluding carboxylic acids is 2. The molecule has 3 rings (SSSR count). The number of hydrogen-bond donors (Lipinski definition) is 2. The molecule has 0 unspecified atom stereocenters. The number of nitro benzene ring substituents is 1. The van der Waals surface area contributed by atoms with Gasteiger partial charge in [-0.15, -0.1) is 11.8 Å². The number of benzene rings is 3. The van der Waals surface area contributed by atoms with E-state index in [4.69, 9.17) is 0 Å². The molecule has 0 saturated heterocycles. The van der Waals surface area contributed by atoms with E-state index in [1.165, 1.54) is 36.0 Å². The number of amides is 2. The van der Waals surface area contributed by atoms with Crippen molar-refractivity contribution in [2.24, 2.45) is 0 Å². The molecule has 0 aliphatic rings. The summed E-state index contributed by atoms with van der Waals surface area (Å²) in [5, 5.41) is 16.2. The van der Waals surface area contributed by atoms with E-state index in [1.54, 1.807) is 24.3 Å². The van der Waals surface area contributed by atoms with Gasteiger partial charge in [-0.05, 0) is 55.5 Å². The summed E-state index contributed by atoms with van der Waals surface area (Å²) in [4.78, 5) is 35.4. The molecule has 0 bridgehead atoms. The number of nitrogens with zero attached hydrogens (tertiary/aromatic N) is 1. The molecule has 0 spiro atoms. The minimum absolute atomic E-state index is 0.0306. The molecule has 7 nitrogen and oxygen atoms in total. The zero-order chi connectivity index (χ0) is 21.5. The zero-order valence-corrected chi connectivity index (χ0v) is 16.9. The molecular formula is C22H19N3O4S. The van der Waals surface area contributed by atoms with Crippen LogP contribution in [0.3, 0.4) is 0 Å². The Kier molecular flexibility index (Phi) is 6.82. The van der Waals surface area contributed by atoms with Crippen LogP contribution in [-0.4, -0.2) is 22.5 Å². The summed E-state index contributed by atoms with van der Waals surface area (Å²) in [5.41, 5.74) is 2.81. The van der Waals surface area contributed by atoms with Crippen LogP contribution in [0.1, 0.15) is 15.9 Å². The van der Waals surface area contributed by atoms with Gasteiger partial charge in [0, 0.05) is 34.0 Å². The number of carbonyl (C=O) groups is 2. The molecular weight excluding hydrogens is 402 g/mol. The molecule has 2 amide bonds. The van der Waals surface area contributed by atoms with Crippen LogP contribution in [0.25, 0.3) is 0 Å². The van der Waals surface area contributed by atoms with Gasteiger partial charge in [-0.1, -0.05) is 17.7 Å². The summed E-state index contributed by atoms with van der Waals surface area (Å²) in [6, 6.07) is 20.2. The first-order valence-corrected chi connectivity index (χ1v) is 10.0. The van der Waals surface area contributed by atoms with Gasteiger partial charge in [-0.3, -0.25) is 19.7 Å². The molecule has 0 atom stereocenters. The molecule has 3 aromatic rings. The van der Waals surface area contributed by atoms with E-state index in [9.17, 15) is 19.7 Å². The van der Waals surface area contributed by atoms with E-state index in [0.29, 0.717) is 16.9 Å². The number of nitrogens with one attached hydrogen (secondary N) is 2. The maximum Gasteiger partial charge on any atom is 0.269 e. The summed E-state index contributed by atoms with van der Waals surface area (Å²) in [7, 11) is 0. The van der Waals surface area contributed by atoms with E-state index < -0.39 is 4.92 Å². The van der Waals surface area contributed by atoms with Crippen molar-refractivity contribution in [2.75, 3.05) is 16.4 Å². The molecule has 30 heavy (non-hydrogen) atoms. The first-order chi connectivity index (χ1) is 14.4. The number of nitro groups is 1. The fraction of sp³-hybridized carbons (Fsp3) is 0.0909. The lowest BCUT2D eigenvalue weighted by Crippen LogP contribution is -2.14. The molecule has 0 heterocycles. The van der Waals surface area contributed by atoms with Gasteiger partial charge in [0.1, 0.15) is 0 Å². The van der Waals surface area contributed by atoms with Gasteiger partial charge >= 0.3 is 0 Å². The predicted octanol–water partition coefficient (Wildman–Crippen LogP) is 4.89. The molecule has 0 radical (unpaired) electrons. The van der Waals surface area contributed by atoms with Crippen LogP contribution >= 0.6 is 11.8 Å². The number of thioether (sulfide) groups is 1. The van der Waals surface area contributed by atoms with Crippen LogP contribution in [0.2, 0.25) is 0 Å². The number of aryl methyl sites for hydroxylation is 1. The predicted molar refractivity (Wildman–Crippen MR) is 118 cm³/mol. The van der Waals surface area contributed by atoms with Gasteiger partial charge in [0.15, 0.2) is 0 Å². The number of anilines is 2. The molecule has 0 aromatic heterocycles. The normalized spacial score (nSPS) is 10.3. The number of rotatable bonds is 7. The van der Waals surface area contributed by atoms with Crippen molar-refractivity contribution in [3.05, 3.63) is 94.0 Å². The Balaban J connectivity index is 1.49. The third kappa shape index (κ3) is 5.92. The topological polar surface area (TPSA) is 101 Å². The molecule has 0 aliphatic heterocycles. The lowest BCUT2D eigenvalue weighted by Gasteiger charge is -2.08. The fourth-order valence-electron chi connectivity index (χ4n) is 2.56. The monoisotopic (exact) mass is 421 g/mol. The minimum Gasteiger partial charge on any atom is -0.325 e. The van der Waals surface area contributed by atoms with Crippen LogP contribution in [0.4, 0.5) is 17.1 Å². The summed E-state index contributed by atoms with van der Waals surface area (Å²) < 4.78 is 0. The van der Waals surface area contributed by atoms with E-state index in [0.717, 1.165) is 10.5 Å². The Hall–Kier alpha value is -3.65. The zero-order valence-electron chi connectivity index (χ0n) is 16.1. The van der Waals surface area contributed by atoms with Gasteiger partial charge in [0.25, 0.3) is 11.6 Å². The maximum absolute atomic E-state index is 12.3. The van der Waals surface area contributed by atoms with Gasteiger partial charge < -0.3 is 10.6 Å². The van der Waals surface area contributed by atoms with Gasteiger partial charge in [-0.2, -0.15) is 0 Å². The van der Waals surface area contributed by atoms with E-state index in [2.05, 4.69) is 10.6 Å². The van der Waals surface area contributed by atoms with Crippen molar-refractivity contribution >= 4 is 40.6 Å². The molecule has 8 heteroatoms. The summed E-state index contributed by atoms with van der Waals surface area (Å²) in [5.74, 6) is -0.213. The Morgan fingerprint density at radius 2 is 1.43 bits per heavy atom. The molecule has 3 aromatic carbocycles. The maximum atomic E-state index is 12.3. The van der Waals surface area contributed by atoms with Crippen LogP contribution in [0.5, 0.6) is 0 Å². The Morgan fingerprint density at radius 1 is 0.867 bits per heavy atom. The fourth-order valence-corrected chi connectivity index (χ4v) is 3.25. The van der Waals surface area contributed by atoms with Gasteiger partial charge in [0.2, 0.25) is 5.91 Å². The highest BCUT2D eigenvalue weighted by Crippen LogP contribution is 2.22. The lowest BCUT2D eigenvalue weighted by atomic mass is 10.1. The molecule has 2 N–H and O–H groups in total. The number of non-ortho nitro benzene ring substituents is 1. The standard InChI is InChI=1S/C22H19N3O4S/c1-15-2-4-16(5-3-15)22(27)24-18-8-12-20(13-9-18)30-14-21(26)23-17-6-10-19(11-7-17)25(28)29/h2-13H,14H2,1H3,(H,23,26)(H,24,27). The van der Waals surface area contributed by atoms with E-state index >= 15 is 0 Å². The average molecular weight is 421 g/mol. The van der Waals surface area contributed by atoms with Crippen molar-refractivity contribution in [3.8, 4) is 0 Å². The Labute approximate surface area is 177 Å². The minimum atomic E-state index is -0.492. The van der Waals surface area contributed by atoms with Crippen LogP contribution in [0, 0.1) is 17.0 Å². The third-order valence-corrected chi connectivity index (χ3v) is 5.17. The van der Waals surface area contributed by atoms with Crippen molar-refractivity contribution in [1.82, 2.24) is 0 Å². The van der Waals surface area contributed by atoms with E-state index in [-0.39, 0.29) is 23.3 Å². The van der Waals surface area contributed by atoms with Gasteiger partial charge in [0.05, 0.1) is 10.7 Å². The Bertz CT molecular complexity index is 1050. The summed E-state index contributed by atoms with van der Waals surface area (Å²) in [6.45, 7) is 1.96. The van der Waals surface area contributed by atoms with E-state index in [1.807, 2.05) is 31.2 Å². The largest absolute Gasteiger partial charge is 0.325 e. The number of hydrogen-bond acceptors (Lipinski definition) is 5. The first kappa shape index (κ1) is 21.1. The van der Waals surface area contributed by atoms with Crippen molar-refractivity contribution in [2.45, 2.75) is 11.8 Å². The van der Waals surface area contributed by atoms with Crippen molar-refractivity contribution in [3.63, 3.8) is 0 Å². The Morgan fingerprint density at radius 3 is 2.03 bits per heavy atom. The summed E-state index contributed by atoms with van der Waals surface area (Å²) in [6.07, 6.45) is 0. The quantitative estimate of drug-likeness (QED) is 0.321. The average Bonchev–Trinajstić information content (AvgIpc) is 2.74. The lowest BCUT2D eigenvalue weighted by molar-refractivity contribution is -0.384.